The molecule has 0 spiro atoms. The smallest absolute Gasteiger partial charge is 0.235 e. The molecule has 2 nitrogen and oxygen atoms in total. The summed E-state index contributed by atoms with van der Waals surface area (Å²) >= 11 is 0. The average Bonchev–Trinajstić information content (AvgIpc) is 3.31. The van der Waals surface area contributed by atoms with E-state index in [-0.39, 0.29) is 17.0 Å². The van der Waals surface area contributed by atoms with E-state index in [0.717, 1.165) is 18.4 Å². The third-order valence-corrected chi connectivity index (χ3v) is 4.61. The standard InChI is InChI=1S/C20H22FNO/c1-19(2,3)14-8-10-15(11-9-14)20(12-13-20)18(23)22-17-7-5-4-6-16(17)21/h4-11H,12-13H2,1-3H3,(H,22,23). The van der Waals surface area contributed by atoms with Crippen molar-refractivity contribution in [3.05, 3.63) is 65.5 Å². The van der Waals surface area contributed by atoms with Gasteiger partial charge in [0.05, 0.1) is 11.1 Å². The fraction of sp³-hybridized carbons (Fsp3) is 0.350. The second-order valence-corrected chi connectivity index (χ2v) is 7.34. The highest BCUT2D eigenvalue weighted by Gasteiger charge is 2.51. The largest absolute Gasteiger partial charge is 0.323 e. The Morgan fingerprint density at radius 3 is 2.17 bits per heavy atom. The van der Waals surface area contributed by atoms with Crippen molar-refractivity contribution in [1.29, 1.82) is 0 Å². The fourth-order valence-corrected chi connectivity index (χ4v) is 2.87. The first kappa shape index (κ1) is 15.7. The first-order chi connectivity index (χ1) is 10.8. The fourth-order valence-electron chi connectivity index (χ4n) is 2.87. The van der Waals surface area contributed by atoms with Crippen molar-refractivity contribution in [2.24, 2.45) is 0 Å². The molecule has 1 amide bonds. The van der Waals surface area contributed by atoms with Crippen LogP contribution in [-0.4, -0.2) is 5.91 Å². The van der Waals surface area contributed by atoms with Gasteiger partial charge in [-0.3, -0.25) is 4.79 Å². The molecule has 23 heavy (non-hydrogen) atoms. The highest BCUT2D eigenvalue weighted by atomic mass is 19.1. The Morgan fingerprint density at radius 1 is 1.04 bits per heavy atom. The molecule has 1 N–H and O–H groups in total. The van der Waals surface area contributed by atoms with Crippen LogP contribution >= 0.6 is 0 Å². The summed E-state index contributed by atoms with van der Waals surface area (Å²) in [5.41, 5.74) is 2.09. The predicted octanol–water partition coefficient (Wildman–Crippen LogP) is 4.79. The monoisotopic (exact) mass is 311 g/mol. The molecule has 3 heteroatoms. The van der Waals surface area contributed by atoms with E-state index in [1.807, 2.05) is 12.1 Å². The molecule has 2 aromatic rings. The average molecular weight is 311 g/mol. The Kier molecular flexibility index (Phi) is 3.75. The van der Waals surface area contributed by atoms with Crippen molar-refractivity contribution in [1.82, 2.24) is 0 Å². The number of nitrogens with one attached hydrogen (secondary N) is 1. The van der Waals surface area contributed by atoms with Crippen LogP contribution < -0.4 is 5.32 Å². The van der Waals surface area contributed by atoms with Crippen LogP contribution in [0.2, 0.25) is 0 Å². The Hall–Kier alpha value is -2.16. The molecule has 0 unspecified atom stereocenters. The van der Waals surface area contributed by atoms with Crippen LogP contribution in [0.5, 0.6) is 0 Å². The summed E-state index contributed by atoms with van der Waals surface area (Å²) in [6, 6.07) is 14.5. The molecule has 1 saturated carbocycles. The van der Waals surface area contributed by atoms with Crippen LogP contribution in [0.3, 0.4) is 0 Å². The molecule has 120 valence electrons. The second-order valence-electron chi connectivity index (χ2n) is 7.34. The van der Waals surface area contributed by atoms with E-state index in [1.165, 1.54) is 11.6 Å². The number of hydrogen-bond donors (Lipinski definition) is 1. The summed E-state index contributed by atoms with van der Waals surface area (Å²) in [6.45, 7) is 6.50. The van der Waals surface area contributed by atoms with Crippen molar-refractivity contribution in [3.8, 4) is 0 Å². The van der Waals surface area contributed by atoms with Gasteiger partial charge in [-0.2, -0.15) is 0 Å². The highest BCUT2D eigenvalue weighted by molar-refractivity contribution is 6.01. The predicted molar refractivity (Wildman–Crippen MR) is 91.1 cm³/mol. The molecule has 0 radical (unpaired) electrons. The minimum atomic E-state index is -0.501. The summed E-state index contributed by atoms with van der Waals surface area (Å²) in [4.78, 5) is 12.7. The summed E-state index contributed by atoms with van der Waals surface area (Å²) < 4.78 is 13.7. The number of carbonyl (C=O) groups excluding carboxylic acids is 1. The zero-order chi connectivity index (χ0) is 16.7. The van der Waals surface area contributed by atoms with Gasteiger partial charge in [-0.25, -0.2) is 4.39 Å². The van der Waals surface area contributed by atoms with Crippen LogP contribution in [-0.2, 0) is 15.6 Å². The number of amides is 1. The lowest BCUT2D eigenvalue weighted by Gasteiger charge is -2.21. The Labute approximate surface area is 136 Å². The van der Waals surface area contributed by atoms with E-state index in [1.54, 1.807) is 18.2 Å². The summed E-state index contributed by atoms with van der Waals surface area (Å²) in [7, 11) is 0. The maximum absolute atomic E-state index is 13.7. The van der Waals surface area contributed by atoms with Gasteiger partial charge in [0, 0.05) is 0 Å². The van der Waals surface area contributed by atoms with Crippen LogP contribution in [0.4, 0.5) is 10.1 Å². The van der Waals surface area contributed by atoms with E-state index in [0.29, 0.717) is 0 Å². The number of carbonyl (C=O) groups is 1. The molecule has 0 saturated heterocycles. The molecular weight excluding hydrogens is 289 g/mol. The summed E-state index contributed by atoms with van der Waals surface area (Å²) in [5, 5.41) is 2.74. The van der Waals surface area contributed by atoms with Crippen LogP contribution in [0.1, 0.15) is 44.7 Å². The lowest BCUT2D eigenvalue weighted by molar-refractivity contribution is -0.118. The normalized spacial score (nSPS) is 16.0. The third-order valence-electron chi connectivity index (χ3n) is 4.61. The van der Waals surface area contributed by atoms with Gasteiger partial charge in [0.1, 0.15) is 5.82 Å². The van der Waals surface area contributed by atoms with Gasteiger partial charge >= 0.3 is 0 Å². The van der Waals surface area contributed by atoms with E-state index >= 15 is 0 Å². The number of halogens is 1. The molecule has 0 heterocycles. The number of rotatable bonds is 3. The minimum Gasteiger partial charge on any atom is -0.323 e. The SMILES string of the molecule is CC(C)(C)c1ccc(C2(C(=O)Nc3ccccc3F)CC2)cc1. The van der Waals surface area contributed by atoms with Crippen molar-refractivity contribution in [3.63, 3.8) is 0 Å². The molecule has 1 aliphatic rings. The lowest BCUT2D eigenvalue weighted by Crippen LogP contribution is -2.28. The Bertz CT molecular complexity index is 724. The van der Waals surface area contributed by atoms with E-state index < -0.39 is 11.2 Å². The molecule has 3 rings (SSSR count). The van der Waals surface area contributed by atoms with Gasteiger partial charge in [-0.15, -0.1) is 0 Å². The van der Waals surface area contributed by atoms with Crippen molar-refractivity contribution >= 4 is 11.6 Å². The Morgan fingerprint density at radius 2 is 1.65 bits per heavy atom. The maximum atomic E-state index is 13.7. The summed E-state index contributed by atoms with van der Waals surface area (Å²) in [5.74, 6) is -0.522. The molecule has 0 aliphatic heterocycles. The number of hydrogen-bond acceptors (Lipinski definition) is 1. The topological polar surface area (TPSA) is 29.1 Å². The molecule has 1 fully saturated rings. The second kappa shape index (κ2) is 5.48. The third kappa shape index (κ3) is 3.00. The van der Waals surface area contributed by atoms with E-state index in [4.69, 9.17) is 0 Å². The molecule has 2 aromatic carbocycles. The van der Waals surface area contributed by atoms with Gasteiger partial charge < -0.3 is 5.32 Å². The Balaban J connectivity index is 1.82. The number of para-hydroxylation sites is 1. The molecule has 0 aromatic heterocycles. The maximum Gasteiger partial charge on any atom is 0.235 e. The quantitative estimate of drug-likeness (QED) is 0.867. The lowest BCUT2D eigenvalue weighted by atomic mass is 9.85. The van der Waals surface area contributed by atoms with Crippen molar-refractivity contribution in [2.45, 2.75) is 44.4 Å². The molecule has 1 aliphatic carbocycles. The molecular formula is C20H22FNO. The van der Waals surface area contributed by atoms with Crippen molar-refractivity contribution in [2.75, 3.05) is 5.32 Å². The minimum absolute atomic E-state index is 0.0880. The zero-order valence-corrected chi connectivity index (χ0v) is 13.8. The van der Waals surface area contributed by atoms with Gasteiger partial charge in [0.15, 0.2) is 0 Å². The number of anilines is 1. The van der Waals surface area contributed by atoms with Crippen molar-refractivity contribution < 1.29 is 9.18 Å². The van der Waals surface area contributed by atoms with Gasteiger partial charge in [0.25, 0.3) is 0 Å². The number of benzene rings is 2. The molecule has 0 bridgehead atoms. The highest BCUT2D eigenvalue weighted by Crippen LogP contribution is 2.49. The van der Waals surface area contributed by atoms with Gasteiger partial charge in [-0.1, -0.05) is 57.2 Å². The van der Waals surface area contributed by atoms with Crippen LogP contribution in [0.15, 0.2) is 48.5 Å². The first-order valence-corrected chi connectivity index (χ1v) is 8.00. The molecule has 0 atom stereocenters. The van der Waals surface area contributed by atoms with E-state index in [2.05, 4.69) is 38.2 Å². The first-order valence-electron chi connectivity index (χ1n) is 8.00. The zero-order valence-electron chi connectivity index (χ0n) is 13.8. The van der Waals surface area contributed by atoms with Gasteiger partial charge in [0.2, 0.25) is 5.91 Å². The summed E-state index contributed by atoms with van der Waals surface area (Å²) in [6.07, 6.45) is 1.62. The van der Waals surface area contributed by atoms with E-state index in [9.17, 15) is 9.18 Å². The van der Waals surface area contributed by atoms with Crippen LogP contribution in [0, 0.1) is 5.82 Å². The van der Waals surface area contributed by atoms with Crippen LogP contribution in [0.25, 0.3) is 0 Å². The van der Waals surface area contributed by atoms with Gasteiger partial charge in [-0.05, 0) is 41.5 Å².